The average Bonchev–Trinajstić information content (AvgIpc) is 2.77. The number of pyridine rings is 1. The quantitative estimate of drug-likeness (QED) is 0.762. The maximum absolute atomic E-state index is 11.2. The lowest BCUT2D eigenvalue weighted by molar-refractivity contribution is 0.0701. The molecule has 8 heteroatoms. The molecule has 3 heterocycles. The Labute approximate surface area is 131 Å². The van der Waals surface area contributed by atoms with Gasteiger partial charge in [-0.2, -0.15) is 0 Å². The summed E-state index contributed by atoms with van der Waals surface area (Å²) in [7, 11) is 0. The van der Waals surface area contributed by atoms with Gasteiger partial charge in [0.15, 0.2) is 0 Å². The van der Waals surface area contributed by atoms with E-state index in [0.29, 0.717) is 27.4 Å². The van der Waals surface area contributed by atoms with Crippen LogP contribution < -0.4 is 4.74 Å². The molecule has 0 spiro atoms. The number of ether oxygens (including phenoxy) is 1. The average molecular weight is 366 g/mol. The summed E-state index contributed by atoms with van der Waals surface area (Å²) in [6.45, 7) is 1.72. The van der Waals surface area contributed by atoms with Crippen molar-refractivity contribution >= 4 is 43.5 Å². The zero-order valence-corrected chi connectivity index (χ0v) is 13.1. The van der Waals surface area contributed by atoms with Crippen molar-refractivity contribution < 1.29 is 14.6 Å². The standard InChI is InChI=1S/C13H8BrN3O3S/c1-6-9-11(20-8-2-7(14)3-15-4-8)16-5-17-12(9)21-10(6)13(18)19/h2-5H,1H3,(H,18,19). The Morgan fingerprint density at radius 3 is 2.90 bits per heavy atom. The Morgan fingerprint density at radius 2 is 2.19 bits per heavy atom. The molecule has 0 saturated heterocycles. The van der Waals surface area contributed by atoms with Gasteiger partial charge in [0.05, 0.1) is 11.6 Å². The van der Waals surface area contributed by atoms with Crippen molar-refractivity contribution in [2.24, 2.45) is 0 Å². The van der Waals surface area contributed by atoms with Crippen LogP contribution in [0.4, 0.5) is 0 Å². The van der Waals surface area contributed by atoms with Crippen molar-refractivity contribution in [2.45, 2.75) is 6.92 Å². The molecule has 0 fully saturated rings. The van der Waals surface area contributed by atoms with E-state index in [9.17, 15) is 9.90 Å². The van der Waals surface area contributed by atoms with Gasteiger partial charge < -0.3 is 9.84 Å². The molecule has 3 rings (SSSR count). The van der Waals surface area contributed by atoms with Crippen LogP contribution >= 0.6 is 27.3 Å². The molecule has 6 nitrogen and oxygen atoms in total. The minimum Gasteiger partial charge on any atom is -0.477 e. The SMILES string of the molecule is Cc1c(C(=O)O)sc2ncnc(Oc3cncc(Br)c3)c12. The van der Waals surface area contributed by atoms with Gasteiger partial charge in [0, 0.05) is 10.7 Å². The van der Waals surface area contributed by atoms with Crippen LogP contribution in [0.3, 0.4) is 0 Å². The molecule has 0 aliphatic heterocycles. The van der Waals surface area contributed by atoms with Gasteiger partial charge in [-0.3, -0.25) is 4.98 Å². The van der Waals surface area contributed by atoms with E-state index in [1.807, 2.05) is 0 Å². The van der Waals surface area contributed by atoms with Gasteiger partial charge in [0.25, 0.3) is 0 Å². The van der Waals surface area contributed by atoms with Crippen LogP contribution in [0, 0.1) is 6.92 Å². The highest BCUT2D eigenvalue weighted by atomic mass is 79.9. The van der Waals surface area contributed by atoms with E-state index in [-0.39, 0.29) is 4.88 Å². The highest BCUT2D eigenvalue weighted by Crippen LogP contribution is 2.36. The van der Waals surface area contributed by atoms with Gasteiger partial charge in [0.2, 0.25) is 5.88 Å². The molecule has 21 heavy (non-hydrogen) atoms. The molecule has 0 amide bonds. The number of aromatic nitrogens is 3. The van der Waals surface area contributed by atoms with E-state index in [1.165, 1.54) is 6.33 Å². The fourth-order valence-electron chi connectivity index (χ4n) is 1.88. The third-order valence-corrected chi connectivity index (χ3v) is 4.40. The number of fused-ring (bicyclic) bond motifs is 1. The first-order valence-corrected chi connectivity index (χ1v) is 7.43. The van der Waals surface area contributed by atoms with Crippen LogP contribution in [0.25, 0.3) is 10.2 Å². The van der Waals surface area contributed by atoms with Crippen molar-refractivity contribution in [2.75, 3.05) is 0 Å². The second-order valence-electron chi connectivity index (χ2n) is 4.16. The van der Waals surface area contributed by atoms with Gasteiger partial charge >= 0.3 is 5.97 Å². The number of carboxylic acids is 1. The third-order valence-electron chi connectivity index (χ3n) is 2.78. The number of halogens is 1. The fraction of sp³-hybridized carbons (Fsp3) is 0.0769. The Bertz CT molecular complexity index is 850. The molecule has 0 unspecified atom stereocenters. The number of carbonyl (C=O) groups is 1. The second kappa shape index (κ2) is 5.38. The number of hydrogen-bond acceptors (Lipinski definition) is 6. The van der Waals surface area contributed by atoms with Crippen molar-refractivity contribution in [1.82, 2.24) is 15.0 Å². The number of thiophene rings is 1. The van der Waals surface area contributed by atoms with Crippen LogP contribution in [0.2, 0.25) is 0 Å². The monoisotopic (exact) mass is 365 g/mol. The Balaban J connectivity index is 2.12. The minimum absolute atomic E-state index is 0.239. The summed E-state index contributed by atoms with van der Waals surface area (Å²) in [5, 5.41) is 9.80. The molecular formula is C13H8BrN3O3S. The summed E-state index contributed by atoms with van der Waals surface area (Å²) < 4.78 is 6.49. The highest BCUT2D eigenvalue weighted by Gasteiger charge is 2.19. The molecule has 3 aromatic rings. The molecule has 0 aromatic carbocycles. The molecule has 0 atom stereocenters. The van der Waals surface area contributed by atoms with E-state index in [1.54, 1.807) is 25.4 Å². The summed E-state index contributed by atoms with van der Waals surface area (Å²) >= 11 is 4.42. The number of aromatic carboxylic acids is 1. The van der Waals surface area contributed by atoms with E-state index < -0.39 is 5.97 Å². The smallest absolute Gasteiger partial charge is 0.346 e. The van der Waals surface area contributed by atoms with E-state index in [2.05, 4.69) is 30.9 Å². The van der Waals surface area contributed by atoms with E-state index >= 15 is 0 Å². The van der Waals surface area contributed by atoms with E-state index in [4.69, 9.17) is 4.74 Å². The minimum atomic E-state index is -0.981. The predicted octanol–water partition coefficient (Wildman–Crippen LogP) is 3.65. The van der Waals surface area contributed by atoms with Crippen molar-refractivity contribution in [3.05, 3.63) is 39.7 Å². The summed E-state index contributed by atoms with van der Waals surface area (Å²) in [6, 6.07) is 1.75. The number of rotatable bonds is 3. The Morgan fingerprint density at radius 1 is 1.38 bits per heavy atom. The number of aryl methyl sites for hydroxylation is 1. The van der Waals surface area contributed by atoms with Crippen LogP contribution in [0.5, 0.6) is 11.6 Å². The maximum atomic E-state index is 11.2. The van der Waals surface area contributed by atoms with Crippen LogP contribution in [0.1, 0.15) is 15.2 Å². The zero-order valence-electron chi connectivity index (χ0n) is 10.7. The van der Waals surface area contributed by atoms with Crippen LogP contribution in [-0.4, -0.2) is 26.0 Å². The molecule has 106 valence electrons. The molecule has 0 radical (unpaired) electrons. The first-order valence-electron chi connectivity index (χ1n) is 5.82. The lowest BCUT2D eigenvalue weighted by Gasteiger charge is -2.06. The van der Waals surface area contributed by atoms with Gasteiger partial charge in [-0.15, -0.1) is 11.3 Å². The zero-order chi connectivity index (χ0) is 15.0. The van der Waals surface area contributed by atoms with Gasteiger partial charge in [-0.05, 0) is 34.5 Å². The van der Waals surface area contributed by atoms with Crippen molar-refractivity contribution in [3.63, 3.8) is 0 Å². The third kappa shape index (κ3) is 2.59. The van der Waals surface area contributed by atoms with Gasteiger partial charge in [0.1, 0.15) is 21.8 Å². The van der Waals surface area contributed by atoms with E-state index in [0.717, 1.165) is 15.8 Å². The van der Waals surface area contributed by atoms with Gasteiger partial charge in [-0.25, -0.2) is 14.8 Å². The highest BCUT2D eigenvalue weighted by molar-refractivity contribution is 9.10. The van der Waals surface area contributed by atoms with Crippen LogP contribution in [0.15, 0.2) is 29.3 Å². The molecule has 0 aliphatic rings. The van der Waals surface area contributed by atoms with Gasteiger partial charge in [-0.1, -0.05) is 0 Å². The van der Waals surface area contributed by atoms with Crippen molar-refractivity contribution in [3.8, 4) is 11.6 Å². The molecular weight excluding hydrogens is 358 g/mol. The lowest BCUT2D eigenvalue weighted by atomic mass is 10.2. The summed E-state index contributed by atoms with van der Waals surface area (Å²) in [6.07, 6.45) is 4.55. The topological polar surface area (TPSA) is 85.2 Å². The lowest BCUT2D eigenvalue weighted by Crippen LogP contribution is -1.95. The van der Waals surface area contributed by atoms with Crippen molar-refractivity contribution in [1.29, 1.82) is 0 Å². The normalized spacial score (nSPS) is 10.8. The first kappa shape index (κ1) is 13.9. The predicted molar refractivity (Wildman–Crippen MR) is 81.1 cm³/mol. The number of hydrogen-bond donors (Lipinski definition) is 1. The summed E-state index contributed by atoms with van der Waals surface area (Å²) in [5.41, 5.74) is 0.598. The Kier molecular flexibility index (Phi) is 3.56. The molecule has 0 saturated carbocycles. The second-order valence-corrected chi connectivity index (χ2v) is 6.08. The molecule has 3 aromatic heterocycles. The first-order chi connectivity index (χ1) is 10.1. The fourth-order valence-corrected chi connectivity index (χ4v) is 3.20. The molecule has 0 aliphatic carbocycles. The molecule has 1 N–H and O–H groups in total. The van der Waals surface area contributed by atoms with Crippen LogP contribution in [-0.2, 0) is 0 Å². The summed E-state index contributed by atoms with van der Waals surface area (Å²) in [5.74, 6) is -0.154. The molecule has 0 bridgehead atoms. The maximum Gasteiger partial charge on any atom is 0.346 e. The Hall–Kier alpha value is -2.06. The summed E-state index contributed by atoms with van der Waals surface area (Å²) in [4.78, 5) is 24.2. The number of carboxylic acid groups (broad SMARTS) is 1. The number of nitrogens with zero attached hydrogens (tertiary/aromatic N) is 3. The largest absolute Gasteiger partial charge is 0.477 e.